The number of pyridine rings is 7. The molecule has 0 unspecified atom stereocenters. The van der Waals surface area contributed by atoms with E-state index in [0.29, 0.717) is 0 Å². The topological polar surface area (TPSA) is 81.2 Å². The molecule has 7 rings (SSSR count). The van der Waals surface area contributed by atoms with E-state index in [-0.39, 0.29) is 19.5 Å². The van der Waals surface area contributed by atoms with Crippen LogP contribution in [0.3, 0.4) is 0 Å². The summed E-state index contributed by atoms with van der Waals surface area (Å²) < 4.78 is 2.02. The third-order valence-corrected chi connectivity index (χ3v) is 6.62. The van der Waals surface area contributed by atoms with Gasteiger partial charge in [0.2, 0.25) is 0 Å². The van der Waals surface area contributed by atoms with E-state index in [2.05, 4.69) is 67.2 Å². The van der Waals surface area contributed by atoms with Crippen LogP contribution in [0.15, 0.2) is 159 Å². The van der Waals surface area contributed by atoms with Gasteiger partial charge in [-0.3, -0.25) is 29.9 Å². The molecule has 0 spiro atoms. The summed E-state index contributed by atoms with van der Waals surface area (Å²) in [6.45, 7) is 2.06. The maximum Gasteiger partial charge on any atom is 0.169 e. The zero-order valence-electron chi connectivity index (χ0n) is 26.1. The third kappa shape index (κ3) is 11.1. The molecule has 7 heterocycles. The molecule has 0 aliphatic rings. The Bertz CT molecular complexity index is 1790. The van der Waals surface area contributed by atoms with Crippen molar-refractivity contribution in [3.63, 3.8) is 0 Å². The first-order chi connectivity index (χ1) is 22.6. The Morgan fingerprint density at radius 2 is 0.830 bits per heavy atom. The molecular weight excluding hydrogens is 668 g/mol. The van der Waals surface area contributed by atoms with Crippen molar-refractivity contribution in [3.8, 4) is 34.2 Å². The van der Waals surface area contributed by atoms with Crippen molar-refractivity contribution in [2.45, 2.75) is 6.92 Å². The van der Waals surface area contributed by atoms with Gasteiger partial charge in [0.15, 0.2) is 12.4 Å². The van der Waals surface area contributed by atoms with Crippen LogP contribution < -0.4 is 4.57 Å². The summed E-state index contributed by atoms with van der Waals surface area (Å²) in [4.78, 5) is 25.6. The molecule has 0 saturated heterocycles. The van der Waals surface area contributed by atoms with E-state index in [1.165, 1.54) is 11.1 Å². The SMILES string of the molecule is Cc1ccnc(-c2cc(/C=C/c3cc[n+](C)cc3)ccn2)c1.[Ru].c1ccc(-c2ccccn2)nc1.c1ccc(-c2ccccn2)nc1. The molecule has 0 N–H and O–H groups in total. The second-order valence-corrected chi connectivity index (χ2v) is 10.2. The summed E-state index contributed by atoms with van der Waals surface area (Å²) in [7, 11) is 2.01. The van der Waals surface area contributed by atoms with Crippen molar-refractivity contribution in [2.24, 2.45) is 7.05 Å². The van der Waals surface area contributed by atoms with Crippen LogP contribution in [-0.2, 0) is 26.5 Å². The van der Waals surface area contributed by atoms with Crippen LogP contribution in [0.5, 0.6) is 0 Å². The first-order valence-electron chi connectivity index (χ1n) is 14.8. The molecule has 7 nitrogen and oxygen atoms in total. The number of aromatic nitrogens is 7. The molecule has 0 amide bonds. The third-order valence-electron chi connectivity index (χ3n) is 6.62. The van der Waals surface area contributed by atoms with Crippen molar-refractivity contribution >= 4 is 12.2 Å². The predicted octanol–water partition coefficient (Wildman–Crippen LogP) is 7.73. The van der Waals surface area contributed by atoms with Crippen molar-refractivity contribution in [3.05, 3.63) is 175 Å². The van der Waals surface area contributed by atoms with Gasteiger partial charge in [0.25, 0.3) is 0 Å². The first-order valence-corrected chi connectivity index (χ1v) is 14.8. The Hall–Kier alpha value is -5.59. The van der Waals surface area contributed by atoms with Crippen molar-refractivity contribution in [1.29, 1.82) is 0 Å². The molecule has 7 aromatic rings. The molecule has 8 heteroatoms. The smallest absolute Gasteiger partial charge is 0.169 e. The van der Waals surface area contributed by atoms with Gasteiger partial charge < -0.3 is 0 Å². The minimum Gasteiger partial charge on any atom is -0.255 e. The van der Waals surface area contributed by atoms with Gasteiger partial charge in [0.05, 0.1) is 34.2 Å². The summed E-state index contributed by atoms with van der Waals surface area (Å²) in [6.07, 6.45) is 19.0. The molecule has 0 radical (unpaired) electrons. The van der Waals surface area contributed by atoms with Crippen LogP contribution in [0, 0.1) is 6.92 Å². The minimum atomic E-state index is 0. The van der Waals surface area contributed by atoms with E-state index >= 15 is 0 Å². The molecule has 232 valence electrons. The normalized spacial score (nSPS) is 10.1. The molecule has 0 aliphatic heterocycles. The van der Waals surface area contributed by atoms with E-state index in [1.807, 2.05) is 127 Å². The number of aryl methyl sites for hydroxylation is 2. The predicted molar refractivity (Wildman–Crippen MR) is 184 cm³/mol. The average Bonchev–Trinajstić information content (AvgIpc) is 3.14. The van der Waals surface area contributed by atoms with Crippen LogP contribution in [0.2, 0.25) is 0 Å². The fourth-order valence-electron chi connectivity index (χ4n) is 4.24. The Morgan fingerprint density at radius 1 is 0.426 bits per heavy atom. The van der Waals surface area contributed by atoms with Crippen LogP contribution in [0.25, 0.3) is 46.3 Å². The second-order valence-electron chi connectivity index (χ2n) is 10.2. The molecule has 0 bridgehead atoms. The van der Waals surface area contributed by atoms with Gasteiger partial charge in [-0.05, 0) is 96.4 Å². The van der Waals surface area contributed by atoms with Crippen molar-refractivity contribution in [1.82, 2.24) is 29.9 Å². The van der Waals surface area contributed by atoms with Crippen LogP contribution in [-0.4, -0.2) is 29.9 Å². The molecule has 0 atom stereocenters. The Kier molecular flexibility index (Phi) is 13.4. The quantitative estimate of drug-likeness (QED) is 0.135. The van der Waals surface area contributed by atoms with E-state index in [1.54, 1.807) is 24.8 Å². The fourth-order valence-corrected chi connectivity index (χ4v) is 4.24. The van der Waals surface area contributed by atoms with E-state index in [9.17, 15) is 0 Å². The largest absolute Gasteiger partial charge is 0.255 e. The summed E-state index contributed by atoms with van der Waals surface area (Å²) in [5, 5.41) is 0. The molecule has 0 aliphatic carbocycles. The molecule has 0 fully saturated rings. The second kappa shape index (κ2) is 18.4. The molecule has 47 heavy (non-hydrogen) atoms. The summed E-state index contributed by atoms with van der Waals surface area (Å²) in [5.74, 6) is 0. The summed E-state index contributed by atoms with van der Waals surface area (Å²) in [6, 6.07) is 35.5. The zero-order valence-corrected chi connectivity index (χ0v) is 27.9. The van der Waals surface area contributed by atoms with Crippen molar-refractivity contribution < 1.29 is 24.0 Å². The number of nitrogens with zero attached hydrogens (tertiary/aromatic N) is 7. The number of hydrogen-bond acceptors (Lipinski definition) is 6. The van der Waals surface area contributed by atoms with Crippen LogP contribution >= 0.6 is 0 Å². The average molecular weight is 702 g/mol. The maximum atomic E-state index is 4.42. The van der Waals surface area contributed by atoms with Gasteiger partial charge in [0.1, 0.15) is 7.05 Å². The molecule has 0 aromatic carbocycles. The summed E-state index contributed by atoms with van der Waals surface area (Å²) >= 11 is 0. The van der Waals surface area contributed by atoms with E-state index in [4.69, 9.17) is 0 Å². The molecule has 0 saturated carbocycles. The van der Waals surface area contributed by atoms with Gasteiger partial charge in [0, 0.05) is 68.8 Å². The van der Waals surface area contributed by atoms with Gasteiger partial charge >= 0.3 is 0 Å². The van der Waals surface area contributed by atoms with Crippen LogP contribution in [0.4, 0.5) is 0 Å². The first kappa shape index (κ1) is 34.3. The standard InChI is InChI=1S/C19H18N3.2C10H8N2.Ru/c1-15-5-9-20-18(13-15)19-14-17(6-10-21-19)4-3-16-7-11-22(2)12-8-16;2*1-3-7-11-9(5-1)10-6-2-4-8-12-10;/h3-14H,1-2H3;2*1-8H;/q+1;;;/b4-3+;;;. The van der Waals surface area contributed by atoms with Gasteiger partial charge in [-0.2, -0.15) is 0 Å². The summed E-state index contributed by atoms with van der Waals surface area (Å²) in [5.41, 5.74) is 8.93. The zero-order chi connectivity index (χ0) is 31.8. The monoisotopic (exact) mass is 702 g/mol. The van der Waals surface area contributed by atoms with E-state index < -0.39 is 0 Å². The fraction of sp³-hybridized carbons (Fsp3) is 0.0513. The van der Waals surface area contributed by atoms with Crippen molar-refractivity contribution in [2.75, 3.05) is 0 Å². The Balaban J connectivity index is 0.000000170. The minimum absolute atomic E-state index is 0. The van der Waals surface area contributed by atoms with Gasteiger partial charge in [-0.15, -0.1) is 0 Å². The number of rotatable bonds is 5. The van der Waals surface area contributed by atoms with Gasteiger partial charge in [-0.1, -0.05) is 36.4 Å². The van der Waals surface area contributed by atoms with Crippen LogP contribution in [0.1, 0.15) is 16.7 Å². The maximum absolute atomic E-state index is 4.42. The number of hydrogen-bond donors (Lipinski definition) is 0. The van der Waals surface area contributed by atoms with Gasteiger partial charge in [-0.25, -0.2) is 4.57 Å². The Morgan fingerprint density at radius 3 is 1.26 bits per heavy atom. The van der Waals surface area contributed by atoms with E-state index in [0.717, 1.165) is 39.7 Å². The molecule has 7 aromatic heterocycles. The molecular formula is C39H34N7Ru+. The Labute approximate surface area is 288 Å².